The first-order valence-corrected chi connectivity index (χ1v) is 5.74. The van der Waals surface area contributed by atoms with Gasteiger partial charge in [0, 0.05) is 0 Å². The van der Waals surface area contributed by atoms with Crippen molar-refractivity contribution in [1.82, 2.24) is 0 Å². The molecule has 1 aliphatic rings. The smallest absolute Gasteiger partial charge is 0.323 e. The van der Waals surface area contributed by atoms with Crippen LogP contribution in [-0.2, 0) is 19.1 Å². The van der Waals surface area contributed by atoms with Gasteiger partial charge in [-0.05, 0) is 39.0 Å². The molecule has 0 bridgehead atoms. The van der Waals surface area contributed by atoms with Crippen molar-refractivity contribution < 1.29 is 19.1 Å². The summed E-state index contributed by atoms with van der Waals surface area (Å²) in [6.07, 6.45) is 2.89. The fourth-order valence-corrected chi connectivity index (χ4v) is 2.07. The lowest BCUT2D eigenvalue weighted by molar-refractivity contribution is -0.171. The Kier molecular flexibility index (Phi) is 4.33. The van der Waals surface area contributed by atoms with Gasteiger partial charge in [0.2, 0.25) is 0 Å². The summed E-state index contributed by atoms with van der Waals surface area (Å²) >= 11 is 0. The van der Waals surface area contributed by atoms with Gasteiger partial charge in [0.25, 0.3) is 0 Å². The van der Waals surface area contributed by atoms with Crippen LogP contribution in [0.1, 0.15) is 33.6 Å². The van der Waals surface area contributed by atoms with Gasteiger partial charge in [0.15, 0.2) is 5.41 Å². The molecule has 0 saturated heterocycles. The first kappa shape index (κ1) is 13.0. The van der Waals surface area contributed by atoms with Crippen molar-refractivity contribution in [2.45, 2.75) is 33.6 Å². The maximum atomic E-state index is 11.9. The van der Waals surface area contributed by atoms with E-state index in [1.165, 1.54) is 0 Å². The normalized spacial score (nSPS) is 22.8. The lowest BCUT2D eigenvalue weighted by Gasteiger charge is -2.24. The Morgan fingerprint density at radius 1 is 1.25 bits per heavy atom. The molecule has 1 unspecified atom stereocenters. The van der Waals surface area contributed by atoms with Crippen molar-refractivity contribution >= 4 is 11.9 Å². The Bertz CT molecular complexity index is 254. The topological polar surface area (TPSA) is 52.6 Å². The van der Waals surface area contributed by atoms with E-state index in [1.54, 1.807) is 13.8 Å². The SMILES string of the molecule is CCOC(=O)C1(C(=O)OCC)C[CH]C(C)C1. The third kappa shape index (κ3) is 2.36. The summed E-state index contributed by atoms with van der Waals surface area (Å²) in [5, 5.41) is 0. The van der Waals surface area contributed by atoms with Crippen LogP contribution >= 0.6 is 0 Å². The maximum Gasteiger partial charge on any atom is 0.323 e. The van der Waals surface area contributed by atoms with Crippen LogP contribution in [0, 0.1) is 17.8 Å². The fraction of sp³-hybridized carbons (Fsp3) is 0.750. The lowest BCUT2D eigenvalue weighted by Crippen LogP contribution is -2.40. The Morgan fingerprint density at radius 3 is 2.06 bits per heavy atom. The standard InChI is InChI=1S/C12H19O4/c1-4-15-10(13)12(11(14)16-5-2)7-6-9(3)8-12/h6,9H,4-5,7-8H2,1-3H3. The summed E-state index contributed by atoms with van der Waals surface area (Å²) < 4.78 is 9.97. The molecule has 1 saturated carbocycles. The summed E-state index contributed by atoms with van der Waals surface area (Å²) in [6, 6.07) is 0. The highest BCUT2D eigenvalue weighted by Crippen LogP contribution is 2.43. The summed E-state index contributed by atoms with van der Waals surface area (Å²) in [6.45, 7) is 6.03. The number of hydrogen-bond donors (Lipinski definition) is 0. The Labute approximate surface area is 96.3 Å². The van der Waals surface area contributed by atoms with Gasteiger partial charge in [0.05, 0.1) is 13.2 Å². The molecular weight excluding hydrogens is 208 g/mol. The fourth-order valence-electron chi connectivity index (χ4n) is 2.07. The van der Waals surface area contributed by atoms with E-state index in [9.17, 15) is 9.59 Å². The lowest BCUT2D eigenvalue weighted by atomic mass is 9.85. The van der Waals surface area contributed by atoms with E-state index >= 15 is 0 Å². The number of carbonyl (C=O) groups is 2. The van der Waals surface area contributed by atoms with E-state index in [1.807, 2.05) is 13.3 Å². The highest BCUT2D eigenvalue weighted by molar-refractivity contribution is 6.00. The van der Waals surface area contributed by atoms with Crippen LogP contribution in [-0.4, -0.2) is 25.2 Å². The molecule has 1 atom stereocenters. The van der Waals surface area contributed by atoms with E-state index in [2.05, 4.69) is 0 Å². The molecule has 1 aliphatic carbocycles. The summed E-state index contributed by atoms with van der Waals surface area (Å²) in [4.78, 5) is 23.8. The number of hydrogen-bond acceptors (Lipinski definition) is 4. The van der Waals surface area contributed by atoms with Crippen LogP contribution in [0.4, 0.5) is 0 Å². The van der Waals surface area contributed by atoms with Crippen LogP contribution < -0.4 is 0 Å². The zero-order valence-corrected chi connectivity index (χ0v) is 10.1. The van der Waals surface area contributed by atoms with Gasteiger partial charge in [-0.1, -0.05) is 6.92 Å². The van der Waals surface area contributed by atoms with E-state index in [0.717, 1.165) is 0 Å². The molecule has 4 heteroatoms. The molecule has 0 aliphatic heterocycles. The number of ether oxygens (including phenoxy) is 2. The van der Waals surface area contributed by atoms with Crippen molar-refractivity contribution in [3.63, 3.8) is 0 Å². The predicted octanol–water partition coefficient (Wildman–Crippen LogP) is 1.73. The van der Waals surface area contributed by atoms with Gasteiger partial charge in [0.1, 0.15) is 0 Å². The minimum atomic E-state index is -1.09. The Hall–Kier alpha value is -1.06. The van der Waals surface area contributed by atoms with Crippen LogP contribution in [0.5, 0.6) is 0 Å². The number of esters is 2. The van der Waals surface area contributed by atoms with Gasteiger partial charge in [-0.2, -0.15) is 0 Å². The monoisotopic (exact) mass is 227 g/mol. The minimum absolute atomic E-state index is 0.244. The Balaban J connectivity index is 2.85. The Morgan fingerprint density at radius 2 is 1.75 bits per heavy atom. The summed E-state index contributed by atoms with van der Waals surface area (Å²) in [5.41, 5.74) is -1.09. The van der Waals surface area contributed by atoms with E-state index < -0.39 is 17.4 Å². The molecule has 1 rings (SSSR count). The molecule has 0 N–H and O–H groups in total. The molecule has 0 heterocycles. The highest BCUT2D eigenvalue weighted by atomic mass is 16.6. The van der Waals surface area contributed by atoms with Crippen LogP contribution in [0.25, 0.3) is 0 Å². The second-order valence-electron chi connectivity index (χ2n) is 4.14. The molecule has 0 aromatic rings. The quantitative estimate of drug-likeness (QED) is 0.542. The highest BCUT2D eigenvalue weighted by Gasteiger charge is 2.52. The average Bonchev–Trinajstić information content (AvgIpc) is 2.63. The zero-order chi connectivity index (χ0) is 12.2. The average molecular weight is 227 g/mol. The van der Waals surface area contributed by atoms with E-state index in [0.29, 0.717) is 12.8 Å². The van der Waals surface area contributed by atoms with Gasteiger partial charge in [-0.25, -0.2) is 0 Å². The molecular formula is C12H19O4. The summed E-state index contributed by atoms with van der Waals surface area (Å²) in [5.74, 6) is -0.656. The maximum absolute atomic E-state index is 11.9. The van der Waals surface area contributed by atoms with E-state index in [-0.39, 0.29) is 19.1 Å². The van der Waals surface area contributed by atoms with Crippen molar-refractivity contribution in [3.05, 3.63) is 6.42 Å². The van der Waals surface area contributed by atoms with Gasteiger partial charge < -0.3 is 9.47 Å². The van der Waals surface area contributed by atoms with Crippen molar-refractivity contribution in [2.75, 3.05) is 13.2 Å². The van der Waals surface area contributed by atoms with Crippen LogP contribution in [0.2, 0.25) is 0 Å². The van der Waals surface area contributed by atoms with E-state index in [4.69, 9.17) is 9.47 Å². The molecule has 1 fully saturated rings. The molecule has 91 valence electrons. The number of carbonyl (C=O) groups excluding carboxylic acids is 2. The van der Waals surface area contributed by atoms with Gasteiger partial charge in [-0.3, -0.25) is 9.59 Å². The second-order valence-corrected chi connectivity index (χ2v) is 4.14. The third-order valence-electron chi connectivity index (χ3n) is 2.87. The first-order valence-electron chi connectivity index (χ1n) is 5.74. The number of rotatable bonds is 4. The first-order chi connectivity index (χ1) is 7.56. The molecule has 4 nitrogen and oxygen atoms in total. The van der Waals surface area contributed by atoms with Crippen LogP contribution in [0.15, 0.2) is 0 Å². The predicted molar refractivity (Wildman–Crippen MR) is 58.4 cm³/mol. The largest absolute Gasteiger partial charge is 0.465 e. The molecule has 0 aromatic heterocycles. The van der Waals surface area contributed by atoms with Crippen LogP contribution in [0.3, 0.4) is 0 Å². The van der Waals surface area contributed by atoms with Crippen molar-refractivity contribution in [3.8, 4) is 0 Å². The molecule has 0 spiro atoms. The molecule has 1 radical (unpaired) electrons. The molecule has 16 heavy (non-hydrogen) atoms. The van der Waals surface area contributed by atoms with Gasteiger partial charge >= 0.3 is 11.9 Å². The zero-order valence-electron chi connectivity index (χ0n) is 10.1. The van der Waals surface area contributed by atoms with Crippen molar-refractivity contribution in [2.24, 2.45) is 11.3 Å². The molecule has 0 aromatic carbocycles. The second kappa shape index (κ2) is 5.32. The molecule has 0 amide bonds. The summed E-state index contributed by atoms with van der Waals surface area (Å²) in [7, 11) is 0. The van der Waals surface area contributed by atoms with Crippen molar-refractivity contribution in [1.29, 1.82) is 0 Å². The van der Waals surface area contributed by atoms with Gasteiger partial charge in [-0.15, -0.1) is 0 Å². The minimum Gasteiger partial charge on any atom is -0.465 e. The third-order valence-corrected chi connectivity index (χ3v) is 2.87.